The van der Waals surface area contributed by atoms with Gasteiger partial charge in [0.1, 0.15) is 5.82 Å². The van der Waals surface area contributed by atoms with E-state index in [1.165, 1.54) is 5.56 Å². The Bertz CT molecular complexity index is 421. The van der Waals surface area contributed by atoms with E-state index in [1.54, 1.807) is 0 Å². The van der Waals surface area contributed by atoms with Gasteiger partial charge < -0.3 is 15.5 Å². The third-order valence-corrected chi connectivity index (χ3v) is 3.14. The largest absolute Gasteiger partial charge is 0.353 e. The number of hydrogen-bond acceptors (Lipinski definition) is 4. The summed E-state index contributed by atoms with van der Waals surface area (Å²) in [6.45, 7) is 7.06. The third-order valence-electron chi connectivity index (χ3n) is 3.14. The van der Waals surface area contributed by atoms with Gasteiger partial charge in [0.25, 0.3) is 0 Å². The smallest absolute Gasteiger partial charge is 0.239 e. The van der Waals surface area contributed by atoms with Gasteiger partial charge in [-0.2, -0.15) is 0 Å². The van der Waals surface area contributed by atoms with Crippen LogP contribution in [0.5, 0.6) is 0 Å². The van der Waals surface area contributed by atoms with Crippen molar-refractivity contribution in [1.82, 2.24) is 15.6 Å². The zero-order valence-electron chi connectivity index (χ0n) is 10.9. The van der Waals surface area contributed by atoms with Crippen LogP contribution in [0.1, 0.15) is 25.5 Å². The van der Waals surface area contributed by atoms with Crippen LogP contribution in [0.15, 0.2) is 18.3 Å². The summed E-state index contributed by atoms with van der Waals surface area (Å²) in [7, 11) is 0. The van der Waals surface area contributed by atoms with Gasteiger partial charge in [-0.05, 0) is 31.2 Å². The summed E-state index contributed by atoms with van der Waals surface area (Å²) in [5.41, 5.74) is 1.20. The molecule has 98 valence electrons. The average molecular weight is 248 g/mol. The fraction of sp³-hybridized carbons (Fsp3) is 0.538. The molecule has 0 saturated carbocycles. The Hall–Kier alpha value is -1.62. The van der Waals surface area contributed by atoms with Gasteiger partial charge in [-0.25, -0.2) is 4.98 Å². The van der Waals surface area contributed by atoms with Crippen LogP contribution in [-0.2, 0) is 4.79 Å². The van der Waals surface area contributed by atoms with E-state index < -0.39 is 0 Å². The van der Waals surface area contributed by atoms with E-state index in [-0.39, 0.29) is 5.91 Å². The molecule has 1 aromatic heterocycles. The van der Waals surface area contributed by atoms with Gasteiger partial charge in [-0.1, -0.05) is 6.92 Å². The van der Waals surface area contributed by atoms with E-state index >= 15 is 0 Å². The van der Waals surface area contributed by atoms with Gasteiger partial charge >= 0.3 is 0 Å². The number of anilines is 1. The highest BCUT2D eigenvalue weighted by Gasteiger charge is 2.18. The molecule has 2 heterocycles. The standard InChI is InChI=1S/C13H20N4O/c1-3-14-10(2)11-4-5-15-12(8-11)17-7-6-16-13(18)9-17/h4-5,8,10,14H,3,6-7,9H2,1-2H3,(H,16,18). The van der Waals surface area contributed by atoms with Crippen LogP contribution in [0.3, 0.4) is 0 Å². The fourth-order valence-electron chi connectivity index (χ4n) is 2.13. The zero-order valence-corrected chi connectivity index (χ0v) is 10.9. The Balaban J connectivity index is 2.13. The quantitative estimate of drug-likeness (QED) is 0.823. The van der Waals surface area contributed by atoms with Crippen molar-refractivity contribution in [2.45, 2.75) is 19.9 Å². The number of carbonyl (C=O) groups excluding carboxylic acids is 1. The Labute approximate surface area is 108 Å². The first-order valence-electron chi connectivity index (χ1n) is 6.41. The number of nitrogens with zero attached hydrogens (tertiary/aromatic N) is 2. The highest BCUT2D eigenvalue weighted by atomic mass is 16.2. The number of carbonyl (C=O) groups is 1. The molecule has 1 saturated heterocycles. The van der Waals surface area contributed by atoms with Crippen LogP contribution in [0, 0.1) is 0 Å². The molecule has 1 fully saturated rings. The second-order valence-corrected chi connectivity index (χ2v) is 4.50. The molecule has 5 heteroatoms. The maximum atomic E-state index is 11.4. The van der Waals surface area contributed by atoms with Crippen molar-refractivity contribution < 1.29 is 4.79 Å². The molecular formula is C13H20N4O. The van der Waals surface area contributed by atoms with E-state index in [1.807, 2.05) is 17.2 Å². The highest BCUT2D eigenvalue weighted by molar-refractivity contribution is 5.82. The Morgan fingerprint density at radius 3 is 3.17 bits per heavy atom. The first-order chi connectivity index (χ1) is 8.70. The fourth-order valence-corrected chi connectivity index (χ4v) is 2.13. The summed E-state index contributed by atoms with van der Waals surface area (Å²) in [6.07, 6.45) is 1.81. The van der Waals surface area contributed by atoms with Crippen LogP contribution in [0.2, 0.25) is 0 Å². The topological polar surface area (TPSA) is 57.3 Å². The number of piperazine rings is 1. The predicted octanol–water partition coefficient (Wildman–Crippen LogP) is 0.688. The van der Waals surface area contributed by atoms with Crippen molar-refractivity contribution in [3.63, 3.8) is 0 Å². The van der Waals surface area contributed by atoms with Crippen molar-refractivity contribution in [2.75, 3.05) is 31.1 Å². The van der Waals surface area contributed by atoms with Gasteiger partial charge in [-0.3, -0.25) is 4.79 Å². The summed E-state index contributed by atoms with van der Waals surface area (Å²) in [6, 6.07) is 4.38. The Morgan fingerprint density at radius 1 is 1.61 bits per heavy atom. The molecule has 0 radical (unpaired) electrons. The predicted molar refractivity (Wildman–Crippen MR) is 71.6 cm³/mol. The van der Waals surface area contributed by atoms with E-state index in [2.05, 4.69) is 35.5 Å². The summed E-state index contributed by atoms with van der Waals surface area (Å²) in [5, 5.41) is 6.19. The van der Waals surface area contributed by atoms with Crippen molar-refractivity contribution in [1.29, 1.82) is 0 Å². The second-order valence-electron chi connectivity index (χ2n) is 4.50. The molecule has 0 aromatic carbocycles. The van der Waals surface area contributed by atoms with Crippen molar-refractivity contribution >= 4 is 11.7 Å². The van der Waals surface area contributed by atoms with Crippen LogP contribution < -0.4 is 15.5 Å². The van der Waals surface area contributed by atoms with E-state index in [4.69, 9.17) is 0 Å². The van der Waals surface area contributed by atoms with Crippen molar-refractivity contribution in [3.05, 3.63) is 23.9 Å². The minimum Gasteiger partial charge on any atom is -0.353 e. The van der Waals surface area contributed by atoms with Crippen LogP contribution in [0.4, 0.5) is 5.82 Å². The number of rotatable bonds is 4. The lowest BCUT2D eigenvalue weighted by Crippen LogP contribution is -2.48. The Kier molecular flexibility index (Phi) is 4.15. The molecule has 0 spiro atoms. The molecule has 18 heavy (non-hydrogen) atoms. The summed E-state index contributed by atoms with van der Waals surface area (Å²) in [4.78, 5) is 17.7. The Morgan fingerprint density at radius 2 is 2.44 bits per heavy atom. The van der Waals surface area contributed by atoms with Gasteiger partial charge in [0.05, 0.1) is 6.54 Å². The maximum Gasteiger partial charge on any atom is 0.239 e. The second kappa shape index (κ2) is 5.82. The molecule has 1 aliphatic heterocycles. The number of amides is 1. The van der Waals surface area contributed by atoms with E-state index in [9.17, 15) is 4.79 Å². The van der Waals surface area contributed by atoms with E-state index in [0.29, 0.717) is 19.1 Å². The number of aromatic nitrogens is 1. The first kappa shape index (κ1) is 12.8. The van der Waals surface area contributed by atoms with Crippen LogP contribution in [-0.4, -0.2) is 37.1 Å². The zero-order chi connectivity index (χ0) is 13.0. The lowest BCUT2D eigenvalue weighted by atomic mass is 10.1. The van der Waals surface area contributed by atoms with Gasteiger partial charge in [0.15, 0.2) is 0 Å². The lowest BCUT2D eigenvalue weighted by Gasteiger charge is -2.28. The highest BCUT2D eigenvalue weighted by Crippen LogP contribution is 2.18. The molecule has 0 aliphatic carbocycles. The summed E-state index contributed by atoms with van der Waals surface area (Å²) >= 11 is 0. The third kappa shape index (κ3) is 2.98. The minimum atomic E-state index is 0.0631. The van der Waals surface area contributed by atoms with Gasteiger partial charge in [0.2, 0.25) is 5.91 Å². The summed E-state index contributed by atoms with van der Waals surface area (Å²) in [5.74, 6) is 0.945. The van der Waals surface area contributed by atoms with Crippen LogP contribution in [0.25, 0.3) is 0 Å². The molecule has 1 atom stereocenters. The average Bonchev–Trinajstić information content (AvgIpc) is 2.39. The molecule has 2 N–H and O–H groups in total. The molecular weight excluding hydrogens is 228 g/mol. The molecule has 1 amide bonds. The van der Waals surface area contributed by atoms with Gasteiger partial charge in [0, 0.05) is 25.3 Å². The first-order valence-corrected chi connectivity index (χ1v) is 6.41. The van der Waals surface area contributed by atoms with Crippen LogP contribution >= 0.6 is 0 Å². The SMILES string of the molecule is CCNC(C)c1ccnc(N2CCNC(=O)C2)c1. The minimum absolute atomic E-state index is 0.0631. The lowest BCUT2D eigenvalue weighted by molar-refractivity contribution is -0.120. The number of hydrogen-bond donors (Lipinski definition) is 2. The molecule has 1 aliphatic rings. The molecule has 0 bridgehead atoms. The normalized spacial score (nSPS) is 17.4. The molecule has 2 rings (SSSR count). The maximum absolute atomic E-state index is 11.4. The molecule has 1 unspecified atom stereocenters. The monoisotopic (exact) mass is 248 g/mol. The van der Waals surface area contributed by atoms with Crippen molar-refractivity contribution in [3.8, 4) is 0 Å². The van der Waals surface area contributed by atoms with Gasteiger partial charge in [-0.15, -0.1) is 0 Å². The number of nitrogens with one attached hydrogen (secondary N) is 2. The molecule has 5 nitrogen and oxygen atoms in total. The van der Waals surface area contributed by atoms with Crippen molar-refractivity contribution in [2.24, 2.45) is 0 Å². The summed E-state index contributed by atoms with van der Waals surface area (Å²) < 4.78 is 0. The number of pyridine rings is 1. The molecule has 1 aromatic rings. The van der Waals surface area contributed by atoms with E-state index in [0.717, 1.165) is 18.9 Å².